The minimum Gasteiger partial charge on any atom is -0.493 e. The Morgan fingerprint density at radius 1 is 1.15 bits per heavy atom. The largest absolute Gasteiger partial charge is 0.493 e. The van der Waals surface area contributed by atoms with Crippen LogP contribution < -0.4 is 19.5 Å². The number of carbonyl (C=O) groups is 1. The molecule has 1 N–H and O–H groups in total. The molecule has 1 atom stereocenters. The molecular formula is C21H26N2O4. The normalized spacial score (nSPS) is 16.7. The van der Waals surface area contributed by atoms with Gasteiger partial charge in [-0.1, -0.05) is 30.3 Å². The van der Waals surface area contributed by atoms with Gasteiger partial charge in [0.15, 0.2) is 11.5 Å². The maximum atomic E-state index is 12.9. The van der Waals surface area contributed by atoms with E-state index in [0.29, 0.717) is 42.5 Å². The van der Waals surface area contributed by atoms with Gasteiger partial charge in [-0.3, -0.25) is 4.79 Å². The number of rotatable bonds is 6. The molecule has 3 rings (SSSR count). The van der Waals surface area contributed by atoms with Crippen LogP contribution in [0.1, 0.15) is 22.8 Å². The van der Waals surface area contributed by atoms with Crippen molar-refractivity contribution in [2.75, 3.05) is 33.9 Å². The Balaban J connectivity index is 1.84. The van der Waals surface area contributed by atoms with Gasteiger partial charge < -0.3 is 24.4 Å². The Labute approximate surface area is 160 Å². The van der Waals surface area contributed by atoms with Crippen molar-refractivity contribution >= 4 is 5.91 Å². The van der Waals surface area contributed by atoms with Gasteiger partial charge in [0.25, 0.3) is 5.91 Å². The van der Waals surface area contributed by atoms with Crippen molar-refractivity contribution in [3.63, 3.8) is 0 Å². The number of hydrogen-bond donors (Lipinski definition) is 1. The molecule has 1 heterocycles. The SMILES string of the molecule is COc1cc(C(=O)N2CCNC(C)C2)cc(OC)c1OCc1ccccc1. The van der Waals surface area contributed by atoms with Gasteiger partial charge in [-0.25, -0.2) is 0 Å². The van der Waals surface area contributed by atoms with E-state index in [0.717, 1.165) is 12.1 Å². The Hall–Kier alpha value is -2.73. The summed E-state index contributed by atoms with van der Waals surface area (Å²) in [5, 5.41) is 3.34. The smallest absolute Gasteiger partial charge is 0.254 e. The molecule has 0 bridgehead atoms. The van der Waals surface area contributed by atoms with E-state index in [1.54, 1.807) is 26.4 Å². The van der Waals surface area contributed by atoms with Crippen LogP contribution in [0.15, 0.2) is 42.5 Å². The monoisotopic (exact) mass is 370 g/mol. The Bertz CT molecular complexity index is 754. The lowest BCUT2D eigenvalue weighted by Gasteiger charge is -2.32. The van der Waals surface area contributed by atoms with E-state index in [4.69, 9.17) is 14.2 Å². The topological polar surface area (TPSA) is 60.0 Å². The van der Waals surface area contributed by atoms with Crippen LogP contribution in [0.25, 0.3) is 0 Å². The average Bonchev–Trinajstić information content (AvgIpc) is 2.71. The predicted molar refractivity (Wildman–Crippen MR) is 104 cm³/mol. The molecule has 2 aromatic rings. The van der Waals surface area contributed by atoms with Crippen molar-refractivity contribution in [2.24, 2.45) is 0 Å². The number of nitrogens with zero attached hydrogens (tertiary/aromatic N) is 1. The highest BCUT2D eigenvalue weighted by Crippen LogP contribution is 2.39. The van der Waals surface area contributed by atoms with Gasteiger partial charge in [-0.05, 0) is 24.6 Å². The summed E-state index contributed by atoms with van der Waals surface area (Å²) in [5.74, 6) is 1.43. The third-order valence-corrected chi connectivity index (χ3v) is 4.59. The van der Waals surface area contributed by atoms with Crippen LogP contribution in [0, 0.1) is 0 Å². The molecule has 6 heteroatoms. The molecule has 1 aliphatic heterocycles. The van der Waals surface area contributed by atoms with Gasteiger partial charge in [-0.15, -0.1) is 0 Å². The molecule has 0 aromatic heterocycles. The van der Waals surface area contributed by atoms with E-state index in [9.17, 15) is 4.79 Å². The maximum Gasteiger partial charge on any atom is 0.254 e. The second-order valence-electron chi connectivity index (χ2n) is 6.59. The van der Waals surface area contributed by atoms with Crippen LogP contribution >= 0.6 is 0 Å². The summed E-state index contributed by atoms with van der Waals surface area (Å²) >= 11 is 0. The van der Waals surface area contributed by atoms with Crippen LogP contribution in [0.3, 0.4) is 0 Å². The minimum atomic E-state index is -0.0328. The van der Waals surface area contributed by atoms with E-state index < -0.39 is 0 Å². The molecule has 0 spiro atoms. The Kier molecular flexibility index (Phi) is 6.19. The molecule has 1 fully saturated rings. The van der Waals surface area contributed by atoms with Crippen LogP contribution in [0.2, 0.25) is 0 Å². The van der Waals surface area contributed by atoms with Crippen LogP contribution in [0.5, 0.6) is 17.2 Å². The summed E-state index contributed by atoms with van der Waals surface area (Å²) in [4.78, 5) is 14.8. The first-order valence-electron chi connectivity index (χ1n) is 9.07. The van der Waals surface area contributed by atoms with Crippen molar-refractivity contribution in [1.29, 1.82) is 0 Å². The van der Waals surface area contributed by atoms with Gasteiger partial charge in [0.1, 0.15) is 6.61 Å². The van der Waals surface area contributed by atoms with Crippen molar-refractivity contribution in [2.45, 2.75) is 19.6 Å². The number of piperazine rings is 1. The van der Waals surface area contributed by atoms with Crippen molar-refractivity contribution in [3.05, 3.63) is 53.6 Å². The van der Waals surface area contributed by atoms with E-state index in [1.165, 1.54) is 0 Å². The summed E-state index contributed by atoms with van der Waals surface area (Å²) in [6.45, 7) is 4.60. The molecule has 144 valence electrons. The first-order valence-corrected chi connectivity index (χ1v) is 9.07. The third-order valence-electron chi connectivity index (χ3n) is 4.59. The minimum absolute atomic E-state index is 0.0328. The van der Waals surface area contributed by atoms with Crippen molar-refractivity contribution in [1.82, 2.24) is 10.2 Å². The highest BCUT2D eigenvalue weighted by atomic mass is 16.5. The molecule has 1 unspecified atom stereocenters. The highest BCUT2D eigenvalue weighted by Gasteiger charge is 2.24. The average molecular weight is 370 g/mol. The standard InChI is InChI=1S/C21H26N2O4/c1-15-13-23(10-9-22-15)21(24)17-11-18(25-2)20(19(12-17)26-3)27-14-16-7-5-4-6-8-16/h4-8,11-12,15,22H,9-10,13-14H2,1-3H3. The van der Waals surface area contributed by atoms with Gasteiger partial charge >= 0.3 is 0 Å². The molecular weight excluding hydrogens is 344 g/mol. The lowest BCUT2D eigenvalue weighted by Crippen LogP contribution is -2.51. The lowest BCUT2D eigenvalue weighted by molar-refractivity contribution is 0.0708. The molecule has 0 aliphatic carbocycles. The molecule has 1 amide bonds. The lowest BCUT2D eigenvalue weighted by atomic mass is 10.1. The van der Waals surface area contributed by atoms with Gasteiger partial charge in [0.05, 0.1) is 14.2 Å². The van der Waals surface area contributed by atoms with E-state index in [2.05, 4.69) is 12.2 Å². The van der Waals surface area contributed by atoms with Crippen molar-refractivity contribution in [3.8, 4) is 17.2 Å². The summed E-state index contributed by atoms with van der Waals surface area (Å²) in [6, 6.07) is 13.6. The summed E-state index contributed by atoms with van der Waals surface area (Å²) < 4.78 is 16.9. The third kappa shape index (κ3) is 4.52. The summed E-state index contributed by atoms with van der Waals surface area (Å²) in [5.41, 5.74) is 1.57. The number of methoxy groups -OCH3 is 2. The molecule has 6 nitrogen and oxygen atoms in total. The van der Waals surface area contributed by atoms with Crippen LogP contribution in [-0.2, 0) is 6.61 Å². The van der Waals surface area contributed by atoms with Crippen molar-refractivity contribution < 1.29 is 19.0 Å². The summed E-state index contributed by atoms with van der Waals surface area (Å²) in [6.07, 6.45) is 0. The first kappa shape index (κ1) is 19.0. The number of ether oxygens (including phenoxy) is 3. The van der Waals surface area contributed by atoms with E-state index in [-0.39, 0.29) is 11.9 Å². The number of hydrogen-bond acceptors (Lipinski definition) is 5. The molecule has 27 heavy (non-hydrogen) atoms. The molecule has 1 saturated heterocycles. The van der Waals surface area contributed by atoms with Crippen LogP contribution in [0.4, 0.5) is 0 Å². The maximum absolute atomic E-state index is 12.9. The quantitative estimate of drug-likeness (QED) is 0.847. The summed E-state index contributed by atoms with van der Waals surface area (Å²) in [7, 11) is 3.12. The second-order valence-corrected chi connectivity index (χ2v) is 6.59. The van der Waals surface area contributed by atoms with Crippen LogP contribution in [-0.4, -0.2) is 50.7 Å². The number of carbonyl (C=O) groups excluding carboxylic acids is 1. The first-order chi connectivity index (χ1) is 13.1. The molecule has 2 aromatic carbocycles. The van der Waals surface area contributed by atoms with Gasteiger partial charge in [-0.2, -0.15) is 0 Å². The number of nitrogens with one attached hydrogen (secondary N) is 1. The zero-order valence-electron chi connectivity index (χ0n) is 16.0. The van der Waals surface area contributed by atoms with E-state index >= 15 is 0 Å². The Morgan fingerprint density at radius 3 is 2.41 bits per heavy atom. The fourth-order valence-electron chi connectivity index (χ4n) is 3.17. The fraction of sp³-hybridized carbons (Fsp3) is 0.381. The molecule has 0 saturated carbocycles. The number of amides is 1. The second kappa shape index (κ2) is 8.77. The highest BCUT2D eigenvalue weighted by molar-refractivity contribution is 5.95. The number of benzene rings is 2. The van der Waals surface area contributed by atoms with Gasteiger partial charge in [0, 0.05) is 31.2 Å². The van der Waals surface area contributed by atoms with Gasteiger partial charge in [0.2, 0.25) is 5.75 Å². The fourth-order valence-corrected chi connectivity index (χ4v) is 3.17. The zero-order chi connectivity index (χ0) is 19.2. The van der Waals surface area contributed by atoms with E-state index in [1.807, 2.05) is 35.2 Å². The molecule has 1 aliphatic rings. The Morgan fingerprint density at radius 2 is 1.81 bits per heavy atom. The zero-order valence-corrected chi connectivity index (χ0v) is 16.0. The molecule has 0 radical (unpaired) electrons. The predicted octanol–water partition coefficient (Wildman–Crippen LogP) is 2.72.